The summed E-state index contributed by atoms with van der Waals surface area (Å²) in [6, 6.07) is 4.09. The Morgan fingerprint density at radius 1 is 1.28 bits per heavy atom. The van der Waals surface area contributed by atoms with Crippen molar-refractivity contribution >= 4 is 17.2 Å². The first-order chi connectivity index (χ1) is 8.17. The summed E-state index contributed by atoms with van der Waals surface area (Å²) in [7, 11) is 0. The van der Waals surface area contributed by atoms with Gasteiger partial charge >= 0.3 is 0 Å². The average molecular weight is 266 g/mol. The topological polar surface area (TPSA) is 55.1 Å². The third-order valence-electron chi connectivity index (χ3n) is 4.33. The molecule has 1 fully saturated rings. The van der Waals surface area contributed by atoms with Gasteiger partial charge in [-0.2, -0.15) is 0 Å². The van der Waals surface area contributed by atoms with Gasteiger partial charge in [0.2, 0.25) is 0 Å². The van der Waals surface area contributed by atoms with Crippen LogP contribution in [0.25, 0.3) is 0 Å². The van der Waals surface area contributed by atoms with Crippen molar-refractivity contribution < 1.29 is 4.79 Å². The molecule has 1 amide bonds. The molecule has 0 aromatic carbocycles. The van der Waals surface area contributed by atoms with Gasteiger partial charge in [-0.3, -0.25) is 4.79 Å². The SMILES string of the molecule is Cc1ccc(C(=O)NC2C(C)(C)C(N)C2(C)C)s1. The quantitative estimate of drug-likeness (QED) is 0.864. The number of carbonyl (C=O) groups is 1. The lowest BCUT2D eigenvalue weighted by Crippen LogP contribution is -2.76. The number of thiophene rings is 1. The highest BCUT2D eigenvalue weighted by molar-refractivity contribution is 7.13. The van der Waals surface area contributed by atoms with Gasteiger partial charge in [0.15, 0.2) is 0 Å². The number of nitrogens with two attached hydrogens (primary N) is 1. The Bertz CT molecular complexity index is 460. The normalized spacial score (nSPS) is 28.6. The molecule has 1 heterocycles. The maximum atomic E-state index is 12.2. The van der Waals surface area contributed by atoms with Crippen LogP contribution in [0, 0.1) is 17.8 Å². The molecule has 0 spiro atoms. The molecule has 1 aliphatic rings. The van der Waals surface area contributed by atoms with Crippen LogP contribution in [-0.4, -0.2) is 18.0 Å². The van der Waals surface area contributed by atoms with Crippen LogP contribution in [0.4, 0.5) is 0 Å². The fraction of sp³-hybridized carbons (Fsp3) is 0.643. The van der Waals surface area contributed by atoms with Crippen LogP contribution in [0.2, 0.25) is 0 Å². The number of nitrogens with one attached hydrogen (secondary N) is 1. The molecule has 1 saturated carbocycles. The Labute approximate surface area is 113 Å². The smallest absolute Gasteiger partial charge is 0.261 e. The van der Waals surface area contributed by atoms with Gasteiger partial charge in [-0.25, -0.2) is 0 Å². The summed E-state index contributed by atoms with van der Waals surface area (Å²) in [5.41, 5.74) is 6.09. The second-order valence-corrected chi connectivity index (χ2v) is 7.73. The van der Waals surface area contributed by atoms with Crippen LogP contribution in [0.3, 0.4) is 0 Å². The van der Waals surface area contributed by atoms with Gasteiger partial charge in [0, 0.05) is 27.8 Å². The van der Waals surface area contributed by atoms with Crippen molar-refractivity contribution in [3.8, 4) is 0 Å². The first kappa shape index (κ1) is 13.6. The molecule has 0 unspecified atom stereocenters. The first-order valence-electron chi connectivity index (χ1n) is 6.30. The monoisotopic (exact) mass is 266 g/mol. The molecule has 1 aromatic rings. The van der Waals surface area contributed by atoms with Gasteiger partial charge in [-0.15, -0.1) is 11.3 Å². The second-order valence-electron chi connectivity index (χ2n) is 6.44. The van der Waals surface area contributed by atoms with Crippen molar-refractivity contribution in [2.24, 2.45) is 16.6 Å². The summed E-state index contributed by atoms with van der Waals surface area (Å²) in [5.74, 6) is 0.0196. The number of aryl methyl sites for hydroxylation is 1. The van der Waals surface area contributed by atoms with Crippen molar-refractivity contribution in [2.75, 3.05) is 0 Å². The Morgan fingerprint density at radius 3 is 2.28 bits per heavy atom. The van der Waals surface area contributed by atoms with Crippen molar-refractivity contribution in [1.29, 1.82) is 0 Å². The molecule has 18 heavy (non-hydrogen) atoms. The molecule has 0 bridgehead atoms. The van der Waals surface area contributed by atoms with Crippen LogP contribution in [0.5, 0.6) is 0 Å². The van der Waals surface area contributed by atoms with Crippen LogP contribution < -0.4 is 11.1 Å². The van der Waals surface area contributed by atoms with E-state index in [-0.39, 0.29) is 28.8 Å². The highest BCUT2D eigenvalue weighted by Crippen LogP contribution is 2.52. The van der Waals surface area contributed by atoms with E-state index in [0.717, 1.165) is 9.75 Å². The summed E-state index contributed by atoms with van der Waals surface area (Å²) < 4.78 is 0. The first-order valence-corrected chi connectivity index (χ1v) is 7.12. The zero-order chi connectivity index (χ0) is 13.7. The Morgan fingerprint density at radius 2 is 1.83 bits per heavy atom. The van der Waals surface area contributed by atoms with Gasteiger partial charge in [-0.1, -0.05) is 27.7 Å². The van der Waals surface area contributed by atoms with Crippen LogP contribution >= 0.6 is 11.3 Å². The Hall–Kier alpha value is -0.870. The lowest BCUT2D eigenvalue weighted by molar-refractivity contribution is -0.0663. The van der Waals surface area contributed by atoms with Crippen molar-refractivity contribution in [2.45, 2.75) is 46.7 Å². The van der Waals surface area contributed by atoms with Crippen LogP contribution in [0.15, 0.2) is 12.1 Å². The predicted molar refractivity (Wildman–Crippen MR) is 75.8 cm³/mol. The molecular weight excluding hydrogens is 244 g/mol. The largest absolute Gasteiger partial charge is 0.347 e. The van der Waals surface area contributed by atoms with E-state index in [9.17, 15) is 4.79 Å². The maximum absolute atomic E-state index is 12.2. The molecule has 3 nitrogen and oxygen atoms in total. The molecule has 0 atom stereocenters. The highest BCUT2D eigenvalue weighted by Gasteiger charge is 2.60. The molecule has 0 radical (unpaired) electrons. The predicted octanol–water partition coefficient (Wildman–Crippen LogP) is 2.55. The summed E-state index contributed by atoms with van der Waals surface area (Å²) in [5, 5.41) is 3.15. The lowest BCUT2D eigenvalue weighted by Gasteiger charge is -2.62. The second kappa shape index (κ2) is 4.07. The van der Waals surface area contributed by atoms with E-state index in [1.54, 1.807) is 0 Å². The summed E-state index contributed by atoms with van der Waals surface area (Å²) in [6.07, 6.45) is 0. The third-order valence-corrected chi connectivity index (χ3v) is 5.33. The van der Waals surface area contributed by atoms with Gasteiger partial charge < -0.3 is 11.1 Å². The fourth-order valence-corrected chi connectivity index (χ4v) is 4.08. The minimum Gasteiger partial charge on any atom is -0.347 e. The van der Waals surface area contributed by atoms with E-state index in [4.69, 9.17) is 5.73 Å². The van der Waals surface area contributed by atoms with Crippen LogP contribution in [0.1, 0.15) is 42.2 Å². The van der Waals surface area contributed by atoms with Gasteiger partial charge in [-0.05, 0) is 19.1 Å². The van der Waals surface area contributed by atoms with E-state index in [1.165, 1.54) is 11.3 Å². The number of rotatable bonds is 2. The van der Waals surface area contributed by atoms with Gasteiger partial charge in [0.25, 0.3) is 5.91 Å². The molecule has 1 aromatic heterocycles. The standard InChI is InChI=1S/C14H22N2OS/c1-8-6-7-9(18-8)10(17)16-12-13(2,3)11(15)14(12,4)5/h6-7,11-12H,15H2,1-5H3,(H,16,17). The van der Waals surface area contributed by atoms with Gasteiger partial charge in [0.05, 0.1) is 4.88 Å². The average Bonchev–Trinajstić information content (AvgIpc) is 2.71. The highest BCUT2D eigenvalue weighted by atomic mass is 32.1. The summed E-state index contributed by atoms with van der Waals surface area (Å²) >= 11 is 1.53. The maximum Gasteiger partial charge on any atom is 0.261 e. The van der Waals surface area contributed by atoms with Gasteiger partial charge in [0.1, 0.15) is 0 Å². The summed E-state index contributed by atoms with van der Waals surface area (Å²) in [4.78, 5) is 14.1. The molecule has 0 aliphatic heterocycles. The molecule has 1 aliphatic carbocycles. The van der Waals surface area contributed by atoms with E-state index in [1.807, 2.05) is 19.1 Å². The molecular formula is C14H22N2OS. The van der Waals surface area contributed by atoms with Crippen molar-refractivity contribution in [3.05, 3.63) is 21.9 Å². The van der Waals surface area contributed by atoms with E-state index < -0.39 is 0 Å². The Balaban J connectivity index is 2.13. The number of carbonyl (C=O) groups excluding carboxylic acids is 1. The van der Waals surface area contributed by atoms with Crippen LogP contribution in [-0.2, 0) is 0 Å². The van der Waals surface area contributed by atoms with Crippen molar-refractivity contribution in [3.63, 3.8) is 0 Å². The number of hydrogen-bond donors (Lipinski definition) is 2. The number of amides is 1. The summed E-state index contributed by atoms with van der Waals surface area (Å²) in [6.45, 7) is 10.5. The molecule has 0 saturated heterocycles. The molecule has 3 N–H and O–H groups in total. The molecule has 2 rings (SSSR count). The third kappa shape index (κ3) is 1.88. The lowest BCUT2D eigenvalue weighted by atomic mass is 9.48. The van der Waals surface area contributed by atoms with Crippen molar-refractivity contribution in [1.82, 2.24) is 5.32 Å². The molecule has 100 valence electrons. The number of hydrogen-bond acceptors (Lipinski definition) is 3. The minimum atomic E-state index is -0.0501. The molecule has 4 heteroatoms. The Kier molecular flexibility index (Phi) is 3.06. The van der Waals surface area contributed by atoms with E-state index in [2.05, 4.69) is 33.0 Å². The zero-order valence-corrected chi connectivity index (χ0v) is 12.5. The minimum absolute atomic E-state index is 0.0196. The fourth-order valence-electron chi connectivity index (χ4n) is 3.31. The zero-order valence-electron chi connectivity index (χ0n) is 11.7. The van der Waals surface area contributed by atoms with E-state index >= 15 is 0 Å². The van der Waals surface area contributed by atoms with E-state index in [0.29, 0.717) is 0 Å².